The molecule has 5 heteroatoms. The predicted molar refractivity (Wildman–Crippen MR) is 87.8 cm³/mol. The molecule has 1 aliphatic rings. The monoisotopic (exact) mass is 306 g/mol. The second kappa shape index (κ2) is 6.67. The summed E-state index contributed by atoms with van der Waals surface area (Å²) in [5.74, 6) is 0.841. The van der Waals surface area contributed by atoms with Gasteiger partial charge in [0.25, 0.3) is 0 Å². The van der Waals surface area contributed by atoms with Gasteiger partial charge < -0.3 is 15.2 Å². The van der Waals surface area contributed by atoms with Crippen molar-refractivity contribution in [3.63, 3.8) is 0 Å². The number of hydrogen-bond donors (Lipinski definition) is 2. The molecule has 1 unspecified atom stereocenters. The molecule has 0 saturated heterocycles. The third-order valence-electron chi connectivity index (χ3n) is 4.08. The molecule has 122 valence electrons. The summed E-state index contributed by atoms with van der Waals surface area (Å²) in [5, 5.41) is 12.4. The van der Waals surface area contributed by atoms with Crippen molar-refractivity contribution >= 4 is 11.5 Å². The summed E-state index contributed by atoms with van der Waals surface area (Å²) in [6.45, 7) is 9.92. The third kappa shape index (κ3) is 3.59. The van der Waals surface area contributed by atoms with Crippen molar-refractivity contribution in [3.8, 4) is 5.75 Å². The smallest absolute Gasteiger partial charge is 0.179 e. The number of ketones is 1. The number of ether oxygens (including phenoxy) is 1. The van der Waals surface area contributed by atoms with Crippen molar-refractivity contribution < 1.29 is 14.6 Å². The summed E-state index contributed by atoms with van der Waals surface area (Å²) >= 11 is 0. The first kappa shape index (κ1) is 16.8. The number of anilines is 1. The summed E-state index contributed by atoms with van der Waals surface area (Å²) in [5.41, 5.74) is 1.28. The Morgan fingerprint density at radius 1 is 1.50 bits per heavy atom. The van der Waals surface area contributed by atoms with Gasteiger partial charge in [0.1, 0.15) is 11.4 Å². The molecule has 0 spiro atoms. The molecule has 0 fully saturated rings. The highest BCUT2D eigenvalue weighted by Gasteiger charge is 2.28. The Morgan fingerprint density at radius 2 is 2.23 bits per heavy atom. The van der Waals surface area contributed by atoms with E-state index in [0.717, 1.165) is 18.0 Å². The minimum atomic E-state index is -0.254. The van der Waals surface area contributed by atoms with Gasteiger partial charge in [0.2, 0.25) is 0 Å². The highest BCUT2D eigenvalue weighted by molar-refractivity contribution is 6.01. The number of Topliss-reactive ketones (excluding diaryl/α,β-unsaturated/α-hetero) is 1. The largest absolute Gasteiger partial charge is 0.484 e. The minimum absolute atomic E-state index is 0.0557. The van der Waals surface area contributed by atoms with Crippen molar-refractivity contribution in [2.75, 3.05) is 31.6 Å². The van der Waals surface area contributed by atoms with Gasteiger partial charge in [0, 0.05) is 12.1 Å². The van der Waals surface area contributed by atoms with E-state index >= 15 is 0 Å². The zero-order chi connectivity index (χ0) is 16.3. The molecule has 1 aliphatic heterocycles. The Morgan fingerprint density at radius 3 is 2.86 bits per heavy atom. The van der Waals surface area contributed by atoms with Crippen LogP contribution in [0.25, 0.3) is 0 Å². The van der Waals surface area contributed by atoms with Gasteiger partial charge in [0.15, 0.2) is 5.78 Å². The van der Waals surface area contributed by atoms with Crippen molar-refractivity contribution in [2.24, 2.45) is 0 Å². The standard InChI is InChI=1S/C17H26N2O3/c1-5-19(8-9-20)12(2)16(21)13-6-7-15-14(10-13)18-11-17(3,4)22-15/h6-7,10,12,18,20H,5,8-9,11H2,1-4H3. The molecular weight excluding hydrogens is 280 g/mol. The Hall–Kier alpha value is -1.59. The number of nitrogens with zero attached hydrogens (tertiary/aromatic N) is 1. The molecule has 0 bridgehead atoms. The maximum absolute atomic E-state index is 12.6. The maximum Gasteiger partial charge on any atom is 0.179 e. The van der Waals surface area contributed by atoms with E-state index in [1.54, 1.807) is 0 Å². The van der Waals surface area contributed by atoms with Crippen molar-refractivity contribution in [1.82, 2.24) is 4.90 Å². The van der Waals surface area contributed by atoms with E-state index in [-0.39, 0.29) is 24.0 Å². The first-order valence-corrected chi connectivity index (χ1v) is 7.84. The number of fused-ring (bicyclic) bond motifs is 1. The molecule has 1 aromatic carbocycles. The first-order chi connectivity index (χ1) is 10.4. The maximum atomic E-state index is 12.6. The molecule has 1 aromatic rings. The number of likely N-dealkylation sites (N-methyl/N-ethyl adjacent to an activating group) is 1. The Kier molecular flexibility index (Phi) is 5.08. The van der Waals surface area contributed by atoms with E-state index in [1.807, 2.05) is 50.8 Å². The van der Waals surface area contributed by atoms with Crippen LogP contribution >= 0.6 is 0 Å². The zero-order valence-electron chi connectivity index (χ0n) is 13.8. The van der Waals surface area contributed by atoms with E-state index in [9.17, 15) is 4.79 Å². The van der Waals surface area contributed by atoms with Crippen LogP contribution in [0.5, 0.6) is 5.75 Å². The van der Waals surface area contributed by atoms with Gasteiger partial charge in [0.05, 0.1) is 24.9 Å². The fourth-order valence-electron chi connectivity index (χ4n) is 2.71. The average Bonchev–Trinajstić information content (AvgIpc) is 2.50. The summed E-state index contributed by atoms with van der Waals surface area (Å²) < 4.78 is 5.90. The van der Waals surface area contributed by atoms with Crippen LogP contribution in [0.3, 0.4) is 0 Å². The van der Waals surface area contributed by atoms with Crippen LogP contribution in [0.2, 0.25) is 0 Å². The molecule has 22 heavy (non-hydrogen) atoms. The molecule has 2 rings (SSSR count). The first-order valence-electron chi connectivity index (χ1n) is 7.84. The molecule has 1 atom stereocenters. The Bertz CT molecular complexity index is 543. The lowest BCUT2D eigenvalue weighted by Crippen LogP contribution is -2.41. The second-order valence-electron chi connectivity index (χ2n) is 6.32. The number of benzene rings is 1. The van der Waals surface area contributed by atoms with E-state index in [0.29, 0.717) is 18.7 Å². The highest BCUT2D eigenvalue weighted by atomic mass is 16.5. The van der Waals surface area contributed by atoms with Crippen LogP contribution in [0.15, 0.2) is 18.2 Å². The van der Waals surface area contributed by atoms with Crippen LogP contribution in [-0.2, 0) is 0 Å². The highest BCUT2D eigenvalue weighted by Crippen LogP contribution is 2.33. The zero-order valence-corrected chi connectivity index (χ0v) is 13.8. The Labute approximate surface area is 132 Å². The molecule has 0 aliphatic carbocycles. The minimum Gasteiger partial charge on any atom is -0.484 e. The fraction of sp³-hybridized carbons (Fsp3) is 0.588. The number of rotatable bonds is 6. The molecule has 0 amide bonds. The van der Waals surface area contributed by atoms with Crippen LogP contribution in [0, 0.1) is 0 Å². The van der Waals surface area contributed by atoms with Gasteiger partial charge in [-0.2, -0.15) is 0 Å². The number of aliphatic hydroxyl groups is 1. The lowest BCUT2D eigenvalue weighted by Gasteiger charge is -2.34. The third-order valence-corrected chi connectivity index (χ3v) is 4.08. The molecule has 2 N–H and O–H groups in total. The van der Waals surface area contributed by atoms with Crippen molar-refractivity contribution in [3.05, 3.63) is 23.8 Å². The Balaban J connectivity index is 2.18. The van der Waals surface area contributed by atoms with Gasteiger partial charge >= 0.3 is 0 Å². The average molecular weight is 306 g/mol. The summed E-state index contributed by atoms with van der Waals surface area (Å²) in [6, 6.07) is 5.27. The molecule has 5 nitrogen and oxygen atoms in total. The van der Waals surface area contributed by atoms with E-state index in [2.05, 4.69) is 5.32 Å². The van der Waals surface area contributed by atoms with Gasteiger partial charge in [-0.3, -0.25) is 9.69 Å². The summed E-state index contributed by atoms with van der Waals surface area (Å²) in [7, 11) is 0. The number of carbonyl (C=O) groups excluding carboxylic acids is 1. The molecule has 0 saturated carbocycles. The normalized spacial score (nSPS) is 17.4. The van der Waals surface area contributed by atoms with Crippen LogP contribution < -0.4 is 10.1 Å². The van der Waals surface area contributed by atoms with Crippen LogP contribution in [0.1, 0.15) is 38.1 Å². The van der Waals surface area contributed by atoms with E-state index in [1.165, 1.54) is 0 Å². The lowest BCUT2D eigenvalue weighted by molar-refractivity contribution is 0.0817. The van der Waals surface area contributed by atoms with Crippen molar-refractivity contribution in [1.29, 1.82) is 0 Å². The molecule has 0 radical (unpaired) electrons. The predicted octanol–water partition coefficient (Wildman–Crippen LogP) is 2.15. The number of hydrogen-bond acceptors (Lipinski definition) is 5. The lowest BCUT2D eigenvalue weighted by atomic mass is 10.0. The topological polar surface area (TPSA) is 61.8 Å². The van der Waals surface area contributed by atoms with E-state index < -0.39 is 0 Å². The fourth-order valence-corrected chi connectivity index (χ4v) is 2.71. The van der Waals surface area contributed by atoms with Crippen molar-refractivity contribution in [2.45, 2.75) is 39.3 Å². The van der Waals surface area contributed by atoms with Gasteiger partial charge in [-0.25, -0.2) is 0 Å². The number of nitrogens with one attached hydrogen (secondary N) is 1. The second-order valence-corrected chi connectivity index (χ2v) is 6.32. The SMILES string of the molecule is CCN(CCO)C(C)C(=O)c1ccc2c(c1)NCC(C)(C)O2. The molecular formula is C17H26N2O3. The summed E-state index contributed by atoms with van der Waals surface area (Å²) in [6.07, 6.45) is 0. The summed E-state index contributed by atoms with van der Waals surface area (Å²) in [4.78, 5) is 14.6. The quantitative estimate of drug-likeness (QED) is 0.789. The number of carbonyl (C=O) groups is 1. The van der Waals surface area contributed by atoms with Crippen LogP contribution in [0.4, 0.5) is 5.69 Å². The van der Waals surface area contributed by atoms with Crippen LogP contribution in [-0.4, -0.2) is 53.7 Å². The van der Waals surface area contributed by atoms with Gasteiger partial charge in [-0.1, -0.05) is 6.92 Å². The molecule has 1 heterocycles. The van der Waals surface area contributed by atoms with Gasteiger partial charge in [-0.05, 0) is 45.5 Å². The molecule has 0 aromatic heterocycles. The number of aliphatic hydroxyl groups excluding tert-OH is 1. The van der Waals surface area contributed by atoms with E-state index in [4.69, 9.17) is 9.84 Å². The van der Waals surface area contributed by atoms with Gasteiger partial charge in [-0.15, -0.1) is 0 Å².